The van der Waals surface area contributed by atoms with Crippen molar-refractivity contribution in [3.63, 3.8) is 0 Å². The van der Waals surface area contributed by atoms with Crippen LogP contribution in [-0.2, 0) is 20.7 Å². The van der Waals surface area contributed by atoms with Crippen molar-refractivity contribution in [2.45, 2.75) is 186 Å². The first-order valence-corrected chi connectivity index (χ1v) is 28.6. The fourth-order valence-corrected chi connectivity index (χ4v) is 12.2. The Morgan fingerprint density at radius 3 is 1.57 bits per heavy atom. The van der Waals surface area contributed by atoms with E-state index >= 15 is 0 Å². The summed E-state index contributed by atoms with van der Waals surface area (Å²) in [6.07, 6.45) is 8.82. The van der Waals surface area contributed by atoms with Gasteiger partial charge < -0.3 is 35.2 Å². The molecule has 17 heteroatoms. The van der Waals surface area contributed by atoms with Gasteiger partial charge in [-0.05, 0) is 108 Å². The second kappa shape index (κ2) is 26.2. The molecule has 9 nitrogen and oxygen atoms in total. The van der Waals surface area contributed by atoms with E-state index in [9.17, 15) is 60.3 Å². The second-order valence-corrected chi connectivity index (χ2v) is 24.6. The minimum absolute atomic E-state index is 0.103. The molecule has 1 amide bonds. The molecule has 10 atom stereocenters. The van der Waals surface area contributed by atoms with Gasteiger partial charge in [0.25, 0.3) is 0 Å². The maximum absolute atomic E-state index is 13.9. The van der Waals surface area contributed by atoms with Gasteiger partial charge in [-0.15, -0.1) is 0 Å². The molecular formula is C53H81F6NO8P2. The molecule has 1 fully saturated rings. The Labute approximate surface area is 413 Å². The number of esters is 1. The van der Waals surface area contributed by atoms with Gasteiger partial charge in [0.05, 0.1) is 37.7 Å². The number of halogens is 6. The molecule has 70 heavy (non-hydrogen) atoms. The Morgan fingerprint density at radius 2 is 1.11 bits per heavy atom. The zero-order chi connectivity index (χ0) is 52.6. The fourth-order valence-electron chi connectivity index (χ4n) is 9.67. The van der Waals surface area contributed by atoms with E-state index in [-0.39, 0.29) is 37.6 Å². The molecule has 0 aliphatic carbocycles. The number of benzene rings is 3. The Kier molecular flexibility index (Phi) is 22.9. The van der Waals surface area contributed by atoms with E-state index in [0.717, 1.165) is 25.7 Å². The summed E-state index contributed by atoms with van der Waals surface area (Å²) in [7, 11) is -11.7. The van der Waals surface area contributed by atoms with Crippen molar-refractivity contribution in [2.24, 2.45) is 17.8 Å². The molecule has 1 saturated heterocycles. The number of amides is 1. The van der Waals surface area contributed by atoms with E-state index in [4.69, 9.17) is 4.74 Å². The number of rotatable bonds is 18. The normalized spacial score (nSPS) is 28.3. The van der Waals surface area contributed by atoms with E-state index in [1.807, 2.05) is 6.92 Å². The van der Waals surface area contributed by atoms with Gasteiger partial charge in [0.15, 0.2) is 0 Å². The standard InChI is InChI=1S/C53H80NO8P.F6P/c1-8-46-53(7,61)50(58)41(5)54(37-38(2)36-52(6,60)49(57)39(3)48(56)40(4)51(59)62-46)47(55)31-25-17-15-13-11-9-10-12-14-16-20-26-42-32-34-45(35-33-42)63(43-27-21-18-22-28-43)44-29-23-19-24-30-44;1-7(2,3,4,5)6/h18-19,21-24,27-30,32-35,38-41,46,48-50,56-58,60-61H,8-17,20,25-26,31,36-37H2,1-7H3;/q;-1/p+1/t38-,39+,40-,41-,46-,48+,49-,50-,52-,53-;/m1./s1. The first kappa shape index (κ1) is 61.1. The number of aryl methyl sites for hydroxylation is 1. The molecule has 398 valence electrons. The zero-order valence-corrected chi connectivity index (χ0v) is 44.0. The molecule has 1 aliphatic rings. The van der Waals surface area contributed by atoms with Crippen molar-refractivity contribution in [1.29, 1.82) is 0 Å². The first-order chi connectivity index (χ1) is 32.4. The van der Waals surface area contributed by atoms with Crippen LogP contribution in [0.2, 0.25) is 0 Å². The first-order valence-electron chi connectivity index (χ1n) is 25.1. The minimum atomic E-state index is -10.7. The zero-order valence-electron chi connectivity index (χ0n) is 42.1. The van der Waals surface area contributed by atoms with Crippen LogP contribution in [0.4, 0.5) is 25.2 Å². The number of carbonyl (C=O) groups is 2. The maximum atomic E-state index is 13.9. The summed E-state index contributed by atoms with van der Waals surface area (Å²) in [5.41, 5.74) is -2.13. The molecule has 3 aromatic carbocycles. The van der Waals surface area contributed by atoms with Crippen LogP contribution >= 0.6 is 15.7 Å². The summed E-state index contributed by atoms with van der Waals surface area (Å²) in [4.78, 5) is 28.6. The van der Waals surface area contributed by atoms with E-state index in [0.29, 0.717) is 6.42 Å². The van der Waals surface area contributed by atoms with Gasteiger partial charge in [0, 0.05) is 18.9 Å². The van der Waals surface area contributed by atoms with E-state index in [1.165, 1.54) is 87.2 Å². The molecule has 1 aliphatic heterocycles. The van der Waals surface area contributed by atoms with E-state index in [1.54, 1.807) is 25.7 Å². The number of carbonyl (C=O) groups excluding carboxylic acids is 2. The van der Waals surface area contributed by atoms with Crippen molar-refractivity contribution >= 4 is 43.5 Å². The quantitative estimate of drug-likeness (QED) is 0.0366. The Bertz CT molecular complexity index is 1970. The van der Waals surface area contributed by atoms with Gasteiger partial charge in [-0.25, -0.2) is 0 Å². The number of hydrogen-bond donors (Lipinski definition) is 5. The predicted molar refractivity (Wildman–Crippen MR) is 272 cm³/mol. The third-order valence-electron chi connectivity index (χ3n) is 13.7. The SMILES string of the molecule is CC[C@H]1OC(=O)[C@H](C)[C@@H](O)[C@H](C)[C@@H](O)[C@](C)(O)C[C@@H](C)CN(C(=O)CCCCCCCCCCCCCc2ccc([PH+](c3ccccc3)c3ccccc3)cc2)[C@H](C)[C@@H](O)[C@]1(C)O.F[P-](F)(F)(F)(F)F. The van der Waals surface area contributed by atoms with Crippen LogP contribution in [0.5, 0.6) is 0 Å². The molecular weight excluding hydrogens is 955 g/mol. The number of hydrogen-bond acceptors (Lipinski definition) is 8. The van der Waals surface area contributed by atoms with E-state index in [2.05, 4.69) is 84.9 Å². The molecule has 0 saturated carbocycles. The van der Waals surface area contributed by atoms with Gasteiger partial charge in [-0.3, -0.25) is 9.59 Å². The van der Waals surface area contributed by atoms with Crippen molar-refractivity contribution < 1.29 is 65.0 Å². The van der Waals surface area contributed by atoms with Crippen LogP contribution in [0.15, 0.2) is 84.9 Å². The number of aliphatic hydroxyl groups excluding tert-OH is 3. The van der Waals surface area contributed by atoms with Crippen LogP contribution in [0.25, 0.3) is 0 Å². The number of nitrogens with zero attached hydrogens (tertiary/aromatic N) is 1. The van der Waals surface area contributed by atoms with Gasteiger partial charge in [0.2, 0.25) is 5.91 Å². The van der Waals surface area contributed by atoms with Gasteiger partial charge in [-0.1, -0.05) is 127 Å². The number of unbranched alkanes of at least 4 members (excludes halogenated alkanes) is 10. The van der Waals surface area contributed by atoms with Crippen LogP contribution in [0, 0.1) is 17.8 Å². The van der Waals surface area contributed by atoms with Crippen molar-refractivity contribution in [3.8, 4) is 0 Å². The molecule has 5 N–H and O–H groups in total. The molecule has 0 aromatic heterocycles. The Balaban J connectivity index is 0.00000171. The average molecular weight is 1040 g/mol. The van der Waals surface area contributed by atoms with Crippen molar-refractivity contribution in [3.05, 3.63) is 90.5 Å². The number of cyclic esters (lactones) is 1. The van der Waals surface area contributed by atoms with E-state index < -0.39 is 75.2 Å². The van der Waals surface area contributed by atoms with Crippen molar-refractivity contribution in [1.82, 2.24) is 4.90 Å². The van der Waals surface area contributed by atoms with Crippen LogP contribution in [0.3, 0.4) is 0 Å². The summed E-state index contributed by atoms with van der Waals surface area (Å²) in [5, 5.41) is 61.1. The molecule has 0 radical (unpaired) electrons. The Hall–Kier alpha value is -3.16. The van der Waals surface area contributed by atoms with Crippen LogP contribution < -0.4 is 15.9 Å². The van der Waals surface area contributed by atoms with Crippen LogP contribution in [-0.4, -0.2) is 90.5 Å². The number of aliphatic hydroxyl groups is 5. The third kappa shape index (κ3) is 21.1. The Morgan fingerprint density at radius 1 is 0.686 bits per heavy atom. The molecule has 1 heterocycles. The summed E-state index contributed by atoms with van der Waals surface area (Å²) in [6, 6.07) is 30.3. The summed E-state index contributed by atoms with van der Waals surface area (Å²) in [6.45, 7) is 11.4. The average Bonchev–Trinajstić information content (AvgIpc) is 3.29. The molecule has 0 unspecified atom stereocenters. The molecule has 0 spiro atoms. The van der Waals surface area contributed by atoms with Crippen LogP contribution in [0.1, 0.15) is 144 Å². The monoisotopic (exact) mass is 1040 g/mol. The molecule has 4 rings (SSSR count). The number of ether oxygens (including phenoxy) is 1. The molecule has 3 aromatic rings. The summed E-state index contributed by atoms with van der Waals surface area (Å²) in [5.74, 6) is -3.19. The second-order valence-electron chi connectivity index (χ2n) is 20.2. The van der Waals surface area contributed by atoms with Crippen molar-refractivity contribution in [2.75, 3.05) is 6.54 Å². The van der Waals surface area contributed by atoms with Gasteiger partial charge >= 0.3 is 39.0 Å². The predicted octanol–water partition coefficient (Wildman–Crippen LogP) is 11.2. The summed E-state index contributed by atoms with van der Waals surface area (Å²) < 4.78 is 64.9. The topological polar surface area (TPSA) is 148 Å². The van der Waals surface area contributed by atoms with Gasteiger partial charge in [0.1, 0.15) is 33.7 Å². The molecule has 0 bridgehead atoms. The summed E-state index contributed by atoms with van der Waals surface area (Å²) >= 11 is 0. The third-order valence-corrected chi connectivity index (χ3v) is 16.4. The fraction of sp³-hybridized carbons (Fsp3) is 0.623. The van der Waals surface area contributed by atoms with Gasteiger partial charge in [-0.2, -0.15) is 0 Å².